The van der Waals surface area contributed by atoms with Crippen molar-refractivity contribution < 1.29 is 29.3 Å². The molecule has 0 saturated carbocycles. The third-order valence-corrected chi connectivity index (χ3v) is 7.82. The largest absolute Gasteiger partial charge is 0.512 e. The average Bonchev–Trinajstić information content (AvgIpc) is 3.32. The molecule has 1 amide bonds. The number of β-lactam (4-membered cyclic amide) rings is 1. The number of nitrogens with two attached hydrogens (primary N) is 1. The van der Waals surface area contributed by atoms with Gasteiger partial charge in [-0.05, 0) is 30.5 Å². The van der Waals surface area contributed by atoms with E-state index in [9.17, 15) is 19.8 Å². The Hall–Kier alpha value is -2.27. The molecular weight excluding hydrogens is 434 g/mol. The summed E-state index contributed by atoms with van der Waals surface area (Å²) in [6.45, 7) is 3.69. The molecule has 10 heteroatoms. The Labute approximate surface area is 190 Å². The van der Waals surface area contributed by atoms with Gasteiger partial charge < -0.3 is 30.7 Å². The van der Waals surface area contributed by atoms with E-state index in [0.29, 0.717) is 19.6 Å². The molecule has 1 aromatic carbocycles. The summed E-state index contributed by atoms with van der Waals surface area (Å²) in [6.07, 6.45) is -0.207. The van der Waals surface area contributed by atoms with Crippen LogP contribution in [-0.4, -0.2) is 64.3 Å². The fraction of sp³-hybridized carbons (Fsp3) is 0.545. The first-order valence-electron chi connectivity index (χ1n) is 10.8. The van der Waals surface area contributed by atoms with Crippen molar-refractivity contribution in [3.05, 3.63) is 40.6 Å². The molecule has 2 fully saturated rings. The predicted octanol–water partition coefficient (Wildman–Crippen LogP) is 1.71. The number of nitrogens with one attached hydrogen (secondary N) is 1. The highest BCUT2D eigenvalue weighted by Crippen LogP contribution is 2.52. The standard InChI is InChI=1S/C22H29N3O6S/c1-12-18-17(6-7-26)20(27)25(18)21(31-22(28)29)19(12)32-16-8-14(24-10-16)11-30-15-4-2-13(9-23)3-5-15/h2-5,12,14,16-18,24,26H,6-11,23H2,1H3,(H,28,29)/t12-,14+,16+,17+,18-/m1/s1. The zero-order valence-electron chi connectivity index (χ0n) is 17.9. The van der Waals surface area contributed by atoms with Gasteiger partial charge in [-0.25, -0.2) is 4.79 Å². The molecule has 5 atom stereocenters. The number of benzene rings is 1. The van der Waals surface area contributed by atoms with Crippen LogP contribution in [0.25, 0.3) is 0 Å². The molecular formula is C22H29N3O6S. The van der Waals surface area contributed by atoms with Gasteiger partial charge in [0.2, 0.25) is 11.8 Å². The number of rotatable bonds is 9. The van der Waals surface area contributed by atoms with Crippen molar-refractivity contribution in [3.8, 4) is 5.75 Å². The fourth-order valence-corrected chi connectivity index (χ4v) is 6.18. The van der Waals surface area contributed by atoms with E-state index in [2.05, 4.69) is 5.32 Å². The van der Waals surface area contributed by atoms with E-state index < -0.39 is 6.16 Å². The first kappa shape index (κ1) is 22.9. The number of hydrogen-bond acceptors (Lipinski definition) is 8. The second-order valence-electron chi connectivity index (χ2n) is 8.38. The van der Waals surface area contributed by atoms with Crippen molar-refractivity contribution in [2.45, 2.75) is 43.6 Å². The quantitative estimate of drug-likeness (QED) is 0.319. The van der Waals surface area contributed by atoms with Crippen LogP contribution in [0, 0.1) is 11.8 Å². The SMILES string of the molecule is C[C@H]1C(S[C@@H]2CN[C@H](COc3ccc(CN)cc3)C2)=C(OC(=O)O)N2C(=O)[C@@H](CCO)[C@@H]12. The van der Waals surface area contributed by atoms with E-state index in [-0.39, 0.29) is 47.6 Å². The Balaban J connectivity index is 1.37. The third-order valence-electron chi connectivity index (χ3n) is 6.33. The highest BCUT2D eigenvalue weighted by atomic mass is 32.2. The molecule has 4 rings (SSSR count). The molecule has 3 heterocycles. The fourth-order valence-electron chi connectivity index (χ4n) is 4.72. The lowest BCUT2D eigenvalue weighted by Gasteiger charge is -2.44. The second-order valence-corrected chi connectivity index (χ2v) is 9.73. The first-order valence-corrected chi connectivity index (χ1v) is 11.7. The monoisotopic (exact) mass is 463 g/mol. The average molecular weight is 464 g/mol. The number of fused-ring (bicyclic) bond motifs is 1. The number of aliphatic hydroxyl groups is 1. The molecule has 0 bridgehead atoms. The summed E-state index contributed by atoms with van der Waals surface area (Å²) in [5, 5.41) is 22.1. The minimum absolute atomic E-state index is 0.0417. The minimum Gasteiger partial charge on any atom is -0.492 e. The molecule has 9 nitrogen and oxygen atoms in total. The van der Waals surface area contributed by atoms with Crippen molar-refractivity contribution in [3.63, 3.8) is 0 Å². The number of hydrogen-bond donors (Lipinski definition) is 4. The number of nitrogens with zero attached hydrogens (tertiary/aromatic N) is 1. The maximum absolute atomic E-state index is 12.5. The summed E-state index contributed by atoms with van der Waals surface area (Å²) in [7, 11) is 0. The number of carbonyl (C=O) groups excluding carboxylic acids is 1. The lowest BCUT2D eigenvalue weighted by atomic mass is 9.80. The van der Waals surface area contributed by atoms with E-state index in [1.54, 1.807) is 11.8 Å². The van der Waals surface area contributed by atoms with Gasteiger partial charge in [0, 0.05) is 36.9 Å². The van der Waals surface area contributed by atoms with Crippen LogP contribution in [0.15, 0.2) is 35.1 Å². The van der Waals surface area contributed by atoms with Gasteiger partial charge in [0.15, 0.2) is 0 Å². The highest BCUT2D eigenvalue weighted by molar-refractivity contribution is 8.03. The lowest BCUT2D eigenvalue weighted by Crippen LogP contribution is -2.60. The number of carbonyl (C=O) groups is 2. The van der Waals surface area contributed by atoms with Gasteiger partial charge in [0.1, 0.15) is 12.4 Å². The van der Waals surface area contributed by atoms with Gasteiger partial charge in [-0.3, -0.25) is 9.69 Å². The zero-order chi connectivity index (χ0) is 22.8. The van der Waals surface area contributed by atoms with Crippen LogP contribution in [0.4, 0.5) is 4.79 Å². The Morgan fingerprint density at radius 1 is 1.34 bits per heavy atom. The van der Waals surface area contributed by atoms with Crippen molar-refractivity contribution >= 4 is 23.8 Å². The Kier molecular flexibility index (Phi) is 6.94. The maximum atomic E-state index is 12.5. The van der Waals surface area contributed by atoms with E-state index in [1.807, 2.05) is 31.2 Å². The zero-order valence-corrected chi connectivity index (χ0v) is 18.7. The van der Waals surface area contributed by atoms with Crippen LogP contribution in [0.5, 0.6) is 5.75 Å². The number of aliphatic hydroxyl groups excluding tert-OH is 1. The Morgan fingerprint density at radius 2 is 2.09 bits per heavy atom. The topological polar surface area (TPSA) is 134 Å². The minimum atomic E-state index is -1.43. The summed E-state index contributed by atoms with van der Waals surface area (Å²) in [6, 6.07) is 7.73. The Morgan fingerprint density at radius 3 is 2.75 bits per heavy atom. The molecule has 174 valence electrons. The predicted molar refractivity (Wildman–Crippen MR) is 119 cm³/mol. The number of amides is 1. The van der Waals surface area contributed by atoms with Crippen LogP contribution in [0.3, 0.4) is 0 Å². The summed E-state index contributed by atoms with van der Waals surface area (Å²) in [5.41, 5.74) is 6.67. The highest BCUT2D eigenvalue weighted by Gasteiger charge is 2.58. The van der Waals surface area contributed by atoms with Gasteiger partial charge in [-0.1, -0.05) is 19.1 Å². The molecule has 0 radical (unpaired) electrons. The van der Waals surface area contributed by atoms with E-state index in [0.717, 1.165) is 29.2 Å². The molecule has 2 saturated heterocycles. The number of carboxylic acid groups (broad SMARTS) is 1. The van der Waals surface area contributed by atoms with Crippen molar-refractivity contribution in [2.24, 2.45) is 17.6 Å². The first-order chi connectivity index (χ1) is 15.4. The van der Waals surface area contributed by atoms with E-state index in [4.69, 9.17) is 15.2 Å². The summed E-state index contributed by atoms with van der Waals surface area (Å²) in [4.78, 5) is 26.0. The molecule has 0 aromatic heterocycles. The van der Waals surface area contributed by atoms with Crippen molar-refractivity contribution in [1.29, 1.82) is 0 Å². The lowest BCUT2D eigenvalue weighted by molar-refractivity contribution is -0.156. The summed E-state index contributed by atoms with van der Waals surface area (Å²) in [5.74, 6) is 0.411. The normalized spacial score (nSPS) is 29.2. The van der Waals surface area contributed by atoms with Crippen LogP contribution >= 0.6 is 11.8 Å². The molecule has 5 N–H and O–H groups in total. The molecule has 0 spiro atoms. The van der Waals surface area contributed by atoms with Crippen LogP contribution in [-0.2, 0) is 16.1 Å². The van der Waals surface area contributed by atoms with Crippen molar-refractivity contribution in [1.82, 2.24) is 10.2 Å². The summed E-state index contributed by atoms with van der Waals surface area (Å²) >= 11 is 1.58. The van der Waals surface area contributed by atoms with Crippen molar-refractivity contribution in [2.75, 3.05) is 19.8 Å². The maximum Gasteiger partial charge on any atom is 0.512 e. The summed E-state index contributed by atoms with van der Waals surface area (Å²) < 4.78 is 10.9. The third kappa shape index (κ3) is 4.45. The van der Waals surface area contributed by atoms with Crippen LogP contribution in [0.1, 0.15) is 25.3 Å². The van der Waals surface area contributed by atoms with Gasteiger partial charge in [-0.15, -0.1) is 11.8 Å². The van der Waals surface area contributed by atoms with Crippen LogP contribution in [0.2, 0.25) is 0 Å². The molecule has 3 aliphatic heterocycles. The second kappa shape index (κ2) is 9.70. The van der Waals surface area contributed by atoms with Gasteiger partial charge in [0.05, 0.1) is 16.9 Å². The van der Waals surface area contributed by atoms with Crippen LogP contribution < -0.4 is 15.8 Å². The Bertz CT molecular complexity index is 892. The molecule has 1 aromatic rings. The van der Waals surface area contributed by atoms with Gasteiger partial charge in [0.25, 0.3) is 0 Å². The number of thioether (sulfide) groups is 1. The van der Waals surface area contributed by atoms with Gasteiger partial charge >= 0.3 is 6.16 Å². The molecule has 3 aliphatic rings. The smallest absolute Gasteiger partial charge is 0.492 e. The number of ether oxygens (including phenoxy) is 2. The molecule has 0 aliphatic carbocycles. The van der Waals surface area contributed by atoms with Gasteiger partial charge in [-0.2, -0.15) is 0 Å². The molecule has 32 heavy (non-hydrogen) atoms. The molecule has 0 unspecified atom stereocenters. The van der Waals surface area contributed by atoms with E-state index in [1.165, 1.54) is 4.90 Å². The van der Waals surface area contributed by atoms with E-state index >= 15 is 0 Å².